The monoisotopic (exact) mass is 1220 g/mol. The number of hydrogen-bond acceptors (Lipinski definition) is 8. The largest absolute Gasteiger partial charge is 0.756 e. The van der Waals surface area contributed by atoms with E-state index in [0.29, 0.717) is 17.4 Å². The maximum atomic E-state index is 12.9. The Bertz CT molecular complexity index is 1730. The molecule has 0 aromatic carbocycles. The van der Waals surface area contributed by atoms with Crippen LogP contribution in [0.3, 0.4) is 0 Å². The van der Waals surface area contributed by atoms with Gasteiger partial charge >= 0.3 is 11.9 Å². The molecule has 0 bridgehead atoms. The quantitative estimate of drug-likeness (QED) is 0.0195. The van der Waals surface area contributed by atoms with Gasteiger partial charge in [0.05, 0.1) is 27.7 Å². The van der Waals surface area contributed by atoms with Crippen LogP contribution in [0.5, 0.6) is 0 Å². The van der Waals surface area contributed by atoms with Crippen LogP contribution in [0.2, 0.25) is 0 Å². The molecule has 0 aliphatic rings. The van der Waals surface area contributed by atoms with Gasteiger partial charge < -0.3 is 27.9 Å². The van der Waals surface area contributed by atoms with Gasteiger partial charge in [-0.05, 0) is 89.9 Å². The number of ether oxygens (including phenoxy) is 2. The highest BCUT2D eigenvalue weighted by atomic mass is 31.2. The van der Waals surface area contributed by atoms with E-state index in [1.165, 1.54) is 218 Å². The van der Waals surface area contributed by atoms with Crippen molar-refractivity contribution in [2.75, 3.05) is 47.5 Å². The molecule has 10 heteroatoms. The van der Waals surface area contributed by atoms with Crippen molar-refractivity contribution in [2.45, 2.75) is 341 Å². The smallest absolute Gasteiger partial charge is 0.306 e. The Balaban J connectivity index is 3.99. The molecule has 0 heterocycles. The minimum atomic E-state index is -4.65. The Labute approximate surface area is 532 Å². The Kier molecular flexibility index (Phi) is 64.4. The van der Waals surface area contributed by atoms with Gasteiger partial charge in [0.25, 0.3) is 7.82 Å². The zero-order valence-electron chi connectivity index (χ0n) is 57.0. The second-order valence-electron chi connectivity index (χ2n) is 25.6. The molecule has 9 nitrogen and oxygen atoms in total. The van der Waals surface area contributed by atoms with Crippen LogP contribution in [0.1, 0.15) is 335 Å². The predicted molar refractivity (Wildman–Crippen MR) is 369 cm³/mol. The molecule has 0 radical (unpaired) electrons. The second-order valence-corrected chi connectivity index (χ2v) is 27.0. The second kappa shape index (κ2) is 66.6. The highest BCUT2D eigenvalue weighted by Crippen LogP contribution is 2.38. The van der Waals surface area contributed by atoms with Crippen molar-refractivity contribution in [3.8, 4) is 0 Å². The fraction of sp³-hybridized carbons (Fsp3) is 0.789. The lowest BCUT2D eigenvalue weighted by molar-refractivity contribution is -0.870. The number of quaternary nitrogens is 1. The lowest BCUT2D eigenvalue weighted by Gasteiger charge is -2.28. The van der Waals surface area contributed by atoms with Crippen molar-refractivity contribution in [3.05, 3.63) is 85.1 Å². The Morgan fingerprint density at radius 1 is 0.372 bits per heavy atom. The molecule has 0 aromatic heterocycles. The average molecular weight is 1220 g/mol. The molecule has 0 rings (SSSR count). The van der Waals surface area contributed by atoms with E-state index in [0.717, 1.165) is 83.5 Å². The van der Waals surface area contributed by atoms with Gasteiger partial charge in [0.1, 0.15) is 19.8 Å². The third kappa shape index (κ3) is 70.3. The van der Waals surface area contributed by atoms with E-state index in [1.807, 2.05) is 21.1 Å². The number of allylic oxidation sites excluding steroid dienone is 14. The zero-order valence-corrected chi connectivity index (χ0v) is 57.9. The summed E-state index contributed by atoms with van der Waals surface area (Å²) in [5.74, 6) is -0.825. The zero-order chi connectivity index (χ0) is 62.6. The van der Waals surface area contributed by atoms with Crippen LogP contribution in [-0.2, 0) is 32.7 Å². The highest BCUT2D eigenvalue weighted by molar-refractivity contribution is 7.45. The molecule has 0 spiro atoms. The van der Waals surface area contributed by atoms with Crippen molar-refractivity contribution in [1.29, 1.82) is 0 Å². The molecule has 0 aromatic rings. The van der Waals surface area contributed by atoms with Crippen molar-refractivity contribution < 1.29 is 42.1 Å². The van der Waals surface area contributed by atoms with Gasteiger partial charge in [0.15, 0.2) is 6.10 Å². The summed E-state index contributed by atoms with van der Waals surface area (Å²) < 4.78 is 34.3. The summed E-state index contributed by atoms with van der Waals surface area (Å²) in [4.78, 5) is 38.1. The van der Waals surface area contributed by atoms with Crippen molar-refractivity contribution >= 4 is 19.8 Å². The normalized spacial score (nSPS) is 13.6. The van der Waals surface area contributed by atoms with Crippen LogP contribution in [0.15, 0.2) is 85.1 Å². The van der Waals surface area contributed by atoms with Gasteiger partial charge in [-0.2, -0.15) is 0 Å². The van der Waals surface area contributed by atoms with Crippen LogP contribution < -0.4 is 4.89 Å². The third-order valence-corrected chi connectivity index (χ3v) is 16.9. The fourth-order valence-corrected chi connectivity index (χ4v) is 11.1. The van der Waals surface area contributed by atoms with Gasteiger partial charge in [-0.25, -0.2) is 0 Å². The minimum Gasteiger partial charge on any atom is -0.756 e. The molecule has 2 unspecified atom stereocenters. The van der Waals surface area contributed by atoms with Gasteiger partial charge in [0, 0.05) is 12.8 Å². The van der Waals surface area contributed by atoms with E-state index < -0.39 is 26.5 Å². The van der Waals surface area contributed by atoms with Crippen LogP contribution >= 0.6 is 7.82 Å². The van der Waals surface area contributed by atoms with Crippen LogP contribution in [-0.4, -0.2) is 70.0 Å². The molecule has 0 aliphatic heterocycles. The average Bonchev–Trinajstić information content (AvgIpc) is 3.53. The Morgan fingerprint density at radius 3 is 0.988 bits per heavy atom. The molecule has 0 fully saturated rings. The van der Waals surface area contributed by atoms with E-state index in [-0.39, 0.29) is 32.0 Å². The van der Waals surface area contributed by atoms with Crippen LogP contribution in [0.4, 0.5) is 0 Å². The Hall–Kier alpha value is -2.81. The molecule has 500 valence electrons. The van der Waals surface area contributed by atoms with E-state index in [1.54, 1.807) is 0 Å². The number of phosphoric ester groups is 1. The van der Waals surface area contributed by atoms with Gasteiger partial charge in [-0.3, -0.25) is 14.2 Å². The van der Waals surface area contributed by atoms with E-state index in [2.05, 4.69) is 98.9 Å². The SMILES string of the molecule is CC/C=C\C/C=C\C/C=C\C/C=C\C/C=C\CCCCCCCCCCCCCC(=O)OC(COC(=O)CCCCCCCCCCCCCCCCCCCCCCCCC/C=C\C/C=C\CCCCCCC)COP(=O)([O-])OCC[N+](C)(C)C. The molecular weight excluding hydrogens is 1090 g/mol. The molecule has 0 saturated heterocycles. The number of nitrogens with zero attached hydrogens (tertiary/aromatic N) is 1. The molecule has 0 amide bonds. The number of carbonyl (C=O) groups excluding carboxylic acids is 2. The molecule has 2 atom stereocenters. The van der Waals surface area contributed by atoms with E-state index >= 15 is 0 Å². The van der Waals surface area contributed by atoms with Gasteiger partial charge in [-0.1, -0.05) is 317 Å². The first-order valence-corrected chi connectivity index (χ1v) is 37.8. The summed E-state index contributed by atoms with van der Waals surface area (Å²) in [6.07, 6.45) is 91.0. The molecule has 0 aliphatic carbocycles. The molecule has 86 heavy (non-hydrogen) atoms. The number of carbonyl (C=O) groups is 2. The molecule has 0 N–H and O–H groups in total. The van der Waals surface area contributed by atoms with Crippen LogP contribution in [0.25, 0.3) is 0 Å². The lowest BCUT2D eigenvalue weighted by atomic mass is 10.0. The third-order valence-electron chi connectivity index (χ3n) is 15.9. The number of unbranched alkanes of at least 4 members (excludes halogenated alkanes) is 39. The number of hydrogen-bond donors (Lipinski definition) is 0. The van der Waals surface area contributed by atoms with E-state index in [4.69, 9.17) is 18.5 Å². The lowest BCUT2D eigenvalue weighted by Crippen LogP contribution is -2.37. The standard InChI is InChI=1S/C76H138NO8P/c1-6-8-10-12-14-16-18-20-22-24-26-28-30-32-34-35-36-37-38-39-40-41-43-44-46-48-50-52-54-56-58-60-62-64-66-68-75(78)82-72-74(73-84-86(80,81)83-71-70-77(3,4)5)85-76(79)69-67-65-63-61-59-57-55-53-51-49-47-45-42-33-31-29-27-25-23-21-19-17-15-13-11-9-7-2/h9,11,15,17-18,20-21,23-24,26-27,29,33,42,74H,6-8,10,12-14,16,19,22,25,28,30-32,34-41,43-73H2,1-5H3/b11-9-,17-15-,20-18-,23-21-,26-24-,29-27-,42-33-. The van der Waals surface area contributed by atoms with Crippen molar-refractivity contribution in [2.24, 2.45) is 0 Å². The summed E-state index contributed by atoms with van der Waals surface area (Å²) in [6, 6.07) is 0. The van der Waals surface area contributed by atoms with E-state index in [9.17, 15) is 19.0 Å². The molecular formula is C76H138NO8P. The number of rotatable bonds is 67. The number of likely N-dealkylation sites (N-methyl/N-ethyl adjacent to an activating group) is 1. The summed E-state index contributed by atoms with van der Waals surface area (Å²) >= 11 is 0. The van der Waals surface area contributed by atoms with Crippen molar-refractivity contribution in [1.82, 2.24) is 0 Å². The summed E-state index contributed by atoms with van der Waals surface area (Å²) in [5, 5.41) is 0. The topological polar surface area (TPSA) is 111 Å². The first-order valence-electron chi connectivity index (χ1n) is 36.3. The molecule has 0 saturated carbocycles. The minimum absolute atomic E-state index is 0.0328. The number of esters is 2. The highest BCUT2D eigenvalue weighted by Gasteiger charge is 2.22. The summed E-state index contributed by atoms with van der Waals surface area (Å²) in [5.41, 5.74) is 0. The first kappa shape index (κ1) is 83.2. The van der Waals surface area contributed by atoms with Crippen LogP contribution in [0, 0.1) is 0 Å². The van der Waals surface area contributed by atoms with Gasteiger partial charge in [0.2, 0.25) is 0 Å². The Morgan fingerprint density at radius 2 is 0.663 bits per heavy atom. The fourth-order valence-electron chi connectivity index (χ4n) is 10.4. The summed E-state index contributed by atoms with van der Waals surface area (Å²) in [6.45, 7) is 4.15. The first-order chi connectivity index (χ1) is 42.0. The maximum Gasteiger partial charge on any atom is 0.306 e. The number of phosphoric acid groups is 1. The van der Waals surface area contributed by atoms with Crippen molar-refractivity contribution in [3.63, 3.8) is 0 Å². The predicted octanol–water partition coefficient (Wildman–Crippen LogP) is 23.1. The summed E-state index contributed by atoms with van der Waals surface area (Å²) in [7, 11) is 1.17. The van der Waals surface area contributed by atoms with Gasteiger partial charge in [-0.15, -0.1) is 0 Å². The maximum absolute atomic E-state index is 12.9.